The monoisotopic (exact) mass is 271 g/mol. The summed E-state index contributed by atoms with van der Waals surface area (Å²) in [5, 5.41) is 18.9. The van der Waals surface area contributed by atoms with E-state index in [0.717, 1.165) is 5.56 Å². The van der Waals surface area contributed by atoms with Gasteiger partial charge in [0.2, 0.25) is 0 Å². The van der Waals surface area contributed by atoms with Crippen molar-refractivity contribution in [3.05, 3.63) is 53.6 Å². The van der Waals surface area contributed by atoms with E-state index in [4.69, 9.17) is 0 Å². The third-order valence-corrected chi connectivity index (χ3v) is 2.64. The number of aromatic hydroxyl groups is 2. The second-order valence-corrected chi connectivity index (χ2v) is 4.04. The third kappa shape index (κ3) is 3.14. The van der Waals surface area contributed by atoms with Gasteiger partial charge >= 0.3 is 5.97 Å². The summed E-state index contributed by atoms with van der Waals surface area (Å²) in [4.78, 5) is 15.3. The quantitative estimate of drug-likeness (QED) is 0.511. The fourth-order valence-electron chi connectivity index (χ4n) is 1.58. The average molecular weight is 271 g/mol. The summed E-state index contributed by atoms with van der Waals surface area (Å²) in [5.74, 6) is -0.402. The molecule has 0 radical (unpaired) electrons. The molecule has 2 rings (SSSR count). The molecule has 0 aromatic heterocycles. The second kappa shape index (κ2) is 5.88. The molecule has 0 bridgehead atoms. The van der Waals surface area contributed by atoms with Crippen LogP contribution in [0.2, 0.25) is 0 Å². The number of hydrogen-bond donors (Lipinski definition) is 2. The number of phenolic OH excluding ortho intramolecular Hbond substituents is 2. The van der Waals surface area contributed by atoms with Crippen LogP contribution in [-0.4, -0.2) is 29.5 Å². The van der Waals surface area contributed by atoms with Crippen molar-refractivity contribution in [1.29, 1.82) is 0 Å². The molecule has 0 aliphatic carbocycles. The van der Waals surface area contributed by atoms with Gasteiger partial charge in [-0.05, 0) is 29.8 Å². The normalized spacial score (nSPS) is 10.7. The number of carbonyl (C=O) groups excluding carboxylic acids is 1. The van der Waals surface area contributed by atoms with E-state index >= 15 is 0 Å². The van der Waals surface area contributed by atoms with Gasteiger partial charge in [-0.25, -0.2) is 4.79 Å². The van der Waals surface area contributed by atoms with Crippen LogP contribution < -0.4 is 0 Å². The molecule has 0 heterocycles. The van der Waals surface area contributed by atoms with E-state index in [9.17, 15) is 15.0 Å². The maximum Gasteiger partial charge on any atom is 0.337 e. The van der Waals surface area contributed by atoms with E-state index in [1.807, 2.05) is 0 Å². The molecule has 102 valence electrons. The van der Waals surface area contributed by atoms with Crippen LogP contribution in [-0.2, 0) is 4.74 Å². The van der Waals surface area contributed by atoms with E-state index < -0.39 is 5.97 Å². The van der Waals surface area contributed by atoms with Crippen molar-refractivity contribution >= 4 is 17.9 Å². The fraction of sp³-hybridized carbons (Fsp3) is 0.0667. The van der Waals surface area contributed by atoms with Crippen LogP contribution in [0.5, 0.6) is 11.5 Å². The standard InChI is InChI=1S/C15H13NO4/c1-20-15(19)11-4-2-10(3-5-11)9-16-13-8-12(17)6-7-14(13)18/h2-9,17-18H,1H3. The van der Waals surface area contributed by atoms with Crippen molar-refractivity contribution in [2.24, 2.45) is 4.99 Å². The van der Waals surface area contributed by atoms with Crippen LogP contribution in [0.3, 0.4) is 0 Å². The molecular formula is C15H13NO4. The number of rotatable bonds is 3. The van der Waals surface area contributed by atoms with Crippen molar-refractivity contribution < 1.29 is 19.7 Å². The van der Waals surface area contributed by atoms with E-state index in [2.05, 4.69) is 9.73 Å². The van der Waals surface area contributed by atoms with Gasteiger partial charge in [0.05, 0.1) is 12.7 Å². The summed E-state index contributed by atoms with van der Waals surface area (Å²) in [6.45, 7) is 0. The lowest BCUT2D eigenvalue weighted by Gasteiger charge is -2.00. The van der Waals surface area contributed by atoms with Crippen molar-refractivity contribution in [2.75, 3.05) is 7.11 Å². The Morgan fingerprint density at radius 1 is 1.15 bits per heavy atom. The first kappa shape index (κ1) is 13.6. The molecule has 0 aliphatic rings. The molecule has 0 spiro atoms. The lowest BCUT2D eigenvalue weighted by molar-refractivity contribution is 0.0600. The Morgan fingerprint density at radius 3 is 2.50 bits per heavy atom. The molecule has 5 nitrogen and oxygen atoms in total. The zero-order valence-electron chi connectivity index (χ0n) is 10.8. The minimum atomic E-state index is -0.404. The molecular weight excluding hydrogens is 258 g/mol. The van der Waals surface area contributed by atoms with Crippen molar-refractivity contribution in [2.45, 2.75) is 0 Å². The van der Waals surface area contributed by atoms with Gasteiger partial charge in [0.15, 0.2) is 0 Å². The third-order valence-electron chi connectivity index (χ3n) is 2.64. The Bertz CT molecular complexity index is 647. The van der Waals surface area contributed by atoms with Gasteiger partial charge in [-0.1, -0.05) is 12.1 Å². The topological polar surface area (TPSA) is 79.1 Å². The fourth-order valence-corrected chi connectivity index (χ4v) is 1.58. The number of aliphatic imine (C=N–C) groups is 1. The van der Waals surface area contributed by atoms with E-state index in [1.54, 1.807) is 24.3 Å². The van der Waals surface area contributed by atoms with Crippen molar-refractivity contribution in [3.63, 3.8) is 0 Å². The predicted molar refractivity (Wildman–Crippen MR) is 74.8 cm³/mol. The summed E-state index contributed by atoms with van der Waals surface area (Å²) in [6, 6.07) is 10.7. The highest BCUT2D eigenvalue weighted by atomic mass is 16.5. The largest absolute Gasteiger partial charge is 0.508 e. The predicted octanol–water partition coefficient (Wildman–Crippen LogP) is 2.64. The van der Waals surface area contributed by atoms with Crippen LogP contribution >= 0.6 is 0 Å². The van der Waals surface area contributed by atoms with Crippen LogP contribution in [0.4, 0.5) is 5.69 Å². The Hall–Kier alpha value is -2.82. The molecule has 0 amide bonds. The molecule has 20 heavy (non-hydrogen) atoms. The highest BCUT2D eigenvalue weighted by molar-refractivity contribution is 5.91. The number of benzene rings is 2. The van der Waals surface area contributed by atoms with Gasteiger partial charge in [0.1, 0.15) is 17.2 Å². The van der Waals surface area contributed by atoms with E-state index in [1.165, 1.54) is 31.5 Å². The Labute approximate surface area is 115 Å². The highest BCUT2D eigenvalue weighted by Gasteiger charge is 2.04. The first-order valence-corrected chi connectivity index (χ1v) is 5.84. The summed E-state index contributed by atoms with van der Waals surface area (Å²) in [7, 11) is 1.32. The smallest absolute Gasteiger partial charge is 0.337 e. The maximum absolute atomic E-state index is 11.3. The SMILES string of the molecule is COC(=O)c1ccc(C=Nc2cc(O)ccc2O)cc1. The Kier molecular flexibility index (Phi) is 4.00. The number of esters is 1. The number of methoxy groups -OCH3 is 1. The zero-order chi connectivity index (χ0) is 14.5. The average Bonchev–Trinajstić information content (AvgIpc) is 2.48. The molecule has 0 saturated heterocycles. The molecule has 2 N–H and O–H groups in total. The Balaban J connectivity index is 2.19. The molecule has 0 unspecified atom stereocenters. The summed E-state index contributed by atoms with van der Waals surface area (Å²) in [6.07, 6.45) is 1.52. The zero-order valence-corrected chi connectivity index (χ0v) is 10.8. The molecule has 0 atom stereocenters. The molecule has 5 heteroatoms. The van der Waals surface area contributed by atoms with Crippen LogP contribution in [0.1, 0.15) is 15.9 Å². The summed E-state index contributed by atoms with van der Waals surface area (Å²) in [5.41, 5.74) is 1.47. The van der Waals surface area contributed by atoms with Crippen molar-refractivity contribution in [3.8, 4) is 11.5 Å². The molecule has 2 aromatic carbocycles. The number of phenols is 2. The Morgan fingerprint density at radius 2 is 1.85 bits per heavy atom. The van der Waals surface area contributed by atoms with Gasteiger partial charge in [-0.3, -0.25) is 4.99 Å². The van der Waals surface area contributed by atoms with Crippen LogP contribution in [0.15, 0.2) is 47.5 Å². The number of hydrogen-bond acceptors (Lipinski definition) is 5. The molecule has 0 fully saturated rings. The van der Waals surface area contributed by atoms with Crippen LogP contribution in [0, 0.1) is 0 Å². The first-order valence-electron chi connectivity index (χ1n) is 5.84. The molecule has 0 aliphatic heterocycles. The molecule has 2 aromatic rings. The second-order valence-electron chi connectivity index (χ2n) is 4.04. The minimum Gasteiger partial charge on any atom is -0.508 e. The van der Waals surface area contributed by atoms with E-state index in [-0.39, 0.29) is 17.2 Å². The number of ether oxygens (including phenoxy) is 1. The molecule has 0 saturated carbocycles. The summed E-state index contributed by atoms with van der Waals surface area (Å²) >= 11 is 0. The lowest BCUT2D eigenvalue weighted by atomic mass is 10.1. The van der Waals surface area contributed by atoms with Crippen molar-refractivity contribution in [1.82, 2.24) is 0 Å². The van der Waals surface area contributed by atoms with Gasteiger partial charge in [-0.2, -0.15) is 0 Å². The number of carbonyl (C=O) groups is 1. The minimum absolute atomic E-state index is 0.0229. The van der Waals surface area contributed by atoms with Gasteiger partial charge in [-0.15, -0.1) is 0 Å². The first-order chi connectivity index (χ1) is 9.60. The maximum atomic E-state index is 11.3. The summed E-state index contributed by atoms with van der Waals surface area (Å²) < 4.78 is 4.60. The highest BCUT2D eigenvalue weighted by Crippen LogP contribution is 2.29. The van der Waals surface area contributed by atoms with Crippen LogP contribution in [0.25, 0.3) is 0 Å². The van der Waals surface area contributed by atoms with Gasteiger partial charge in [0, 0.05) is 12.3 Å². The van der Waals surface area contributed by atoms with E-state index in [0.29, 0.717) is 5.56 Å². The van der Waals surface area contributed by atoms with Gasteiger partial charge < -0.3 is 14.9 Å². The number of nitrogens with zero attached hydrogens (tertiary/aromatic N) is 1. The lowest BCUT2D eigenvalue weighted by Crippen LogP contribution is -2.00. The van der Waals surface area contributed by atoms with Gasteiger partial charge in [0.25, 0.3) is 0 Å².